The highest BCUT2D eigenvalue weighted by atomic mass is 32.2. The smallest absolute Gasteiger partial charge is 0.371 e. The Kier molecular flexibility index (Phi) is 3.33. The highest BCUT2D eigenvalue weighted by molar-refractivity contribution is 7.85. The number of benzene rings is 1. The lowest BCUT2D eigenvalue weighted by Crippen LogP contribution is -2.37. The van der Waals surface area contributed by atoms with Crippen molar-refractivity contribution >= 4 is 27.4 Å². The van der Waals surface area contributed by atoms with Crippen LogP contribution >= 0.6 is 11.3 Å². The maximum atomic E-state index is 12.1. The summed E-state index contributed by atoms with van der Waals surface area (Å²) < 4.78 is 30.5. The van der Waals surface area contributed by atoms with Crippen molar-refractivity contribution in [3.05, 3.63) is 52.2 Å². The summed E-state index contributed by atoms with van der Waals surface area (Å²) in [6.07, 6.45) is 0.0696. The van der Waals surface area contributed by atoms with Crippen molar-refractivity contribution in [1.29, 1.82) is 0 Å². The molecule has 0 amide bonds. The molecule has 0 saturated heterocycles. The van der Waals surface area contributed by atoms with Crippen LogP contribution in [0.3, 0.4) is 0 Å². The largest absolute Gasteiger partial charge is 0.383 e. The number of nitrogens with one attached hydrogen (secondary N) is 1. The molecule has 1 N–H and O–H groups in total. The Labute approximate surface area is 120 Å². The second kappa shape index (κ2) is 5.01. The van der Waals surface area contributed by atoms with E-state index in [4.69, 9.17) is 4.18 Å². The van der Waals surface area contributed by atoms with Gasteiger partial charge in [-0.3, -0.25) is 4.79 Å². The maximum absolute atomic E-state index is 12.1. The summed E-state index contributed by atoms with van der Waals surface area (Å²) in [4.78, 5) is 12.7. The summed E-state index contributed by atoms with van der Waals surface area (Å²) in [5.74, 6) is 0.180. The lowest BCUT2D eigenvalue weighted by atomic mass is 10.0. The Morgan fingerprint density at radius 1 is 1.25 bits per heavy atom. The zero-order chi connectivity index (χ0) is 14.2. The lowest BCUT2D eigenvalue weighted by molar-refractivity contribution is 0.0975. The van der Waals surface area contributed by atoms with E-state index >= 15 is 0 Å². The first kappa shape index (κ1) is 13.3. The fraction of sp³-hybridized carbons (Fsp3) is 0.154. The van der Waals surface area contributed by atoms with Crippen LogP contribution in [0.1, 0.15) is 27.7 Å². The molecule has 0 bridgehead atoms. The summed E-state index contributed by atoms with van der Waals surface area (Å²) >= 11 is 1.34. The normalized spacial score (nSPS) is 19.9. The average Bonchev–Trinajstić information content (AvgIpc) is 2.91. The highest BCUT2D eigenvalue weighted by Crippen LogP contribution is 2.33. The zero-order valence-electron chi connectivity index (χ0n) is 10.3. The van der Waals surface area contributed by atoms with Crippen LogP contribution in [0.15, 0.2) is 41.8 Å². The molecule has 5 nitrogen and oxygen atoms in total. The molecule has 1 aromatic carbocycles. The number of carbonyl (C=O) groups is 1. The van der Waals surface area contributed by atoms with E-state index in [0.717, 1.165) is 0 Å². The summed E-state index contributed by atoms with van der Waals surface area (Å²) in [5, 5.41) is 1.81. The Hall–Kier alpha value is -1.70. The molecule has 1 aliphatic rings. The molecule has 0 spiro atoms. The second-order valence-corrected chi connectivity index (χ2v) is 6.61. The predicted molar refractivity (Wildman–Crippen MR) is 75.1 cm³/mol. The molecule has 0 saturated carbocycles. The van der Waals surface area contributed by atoms with E-state index in [2.05, 4.69) is 4.72 Å². The molecule has 0 radical (unpaired) electrons. The van der Waals surface area contributed by atoms with Crippen molar-refractivity contribution in [2.75, 3.05) is 0 Å². The van der Waals surface area contributed by atoms with Gasteiger partial charge in [-0.15, -0.1) is 11.3 Å². The van der Waals surface area contributed by atoms with Crippen LogP contribution < -0.4 is 8.91 Å². The molecule has 3 rings (SSSR count). The van der Waals surface area contributed by atoms with Crippen LogP contribution in [-0.2, 0) is 10.3 Å². The van der Waals surface area contributed by atoms with Crippen LogP contribution in [0, 0.1) is 0 Å². The van der Waals surface area contributed by atoms with E-state index in [1.807, 2.05) is 5.38 Å². The zero-order valence-corrected chi connectivity index (χ0v) is 11.9. The molecular weight excluding hydrogens is 298 g/mol. The number of para-hydroxylation sites is 1. The number of Topliss-reactive ketones (excluding diaryl/α,β-unsaturated/α-hetero) is 1. The molecule has 2 aromatic rings. The summed E-state index contributed by atoms with van der Waals surface area (Å²) in [5.41, 5.74) is 0.673. The summed E-state index contributed by atoms with van der Waals surface area (Å²) in [6.45, 7) is 0. The minimum Gasteiger partial charge on any atom is -0.371 e. The molecule has 1 aliphatic heterocycles. The van der Waals surface area contributed by atoms with Crippen molar-refractivity contribution in [2.45, 2.75) is 12.5 Å². The predicted octanol–water partition coefficient (Wildman–Crippen LogP) is 2.29. The van der Waals surface area contributed by atoms with Gasteiger partial charge in [-0.2, -0.15) is 13.1 Å². The Balaban J connectivity index is 1.91. The number of hydrogen-bond acceptors (Lipinski definition) is 5. The lowest BCUT2D eigenvalue weighted by Gasteiger charge is -2.25. The highest BCUT2D eigenvalue weighted by Gasteiger charge is 2.31. The second-order valence-electron chi connectivity index (χ2n) is 4.35. The Morgan fingerprint density at radius 3 is 2.80 bits per heavy atom. The molecule has 7 heteroatoms. The third-order valence-electron chi connectivity index (χ3n) is 2.97. The maximum Gasteiger partial charge on any atom is 0.383 e. The first-order valence-corrected chi connectivity index (χ1v) is 8.21. The first-order valence-electron chi connectivity index (χ1n) is 5.92. The third kappa shape index (κ3) is 2.60. The molecular formula is C13H11NO4S2. The first-order chi connectivity index (χ1) is 9.55. The minimum absolute atomic E-state index is 0.0696. The van der Waals surface area contributed by atoms with E-state index in [-0.39, 0.29) is 18.0 Å². The number of rotatable bonds is 3. The number of fused-ring (bicyclic) bond motifs is 1. The van der Waals surface area contributed by atoms with Crippen molar-refractivity contribution in [3.63, 3.8) is 0 Å². The molecule has 1 atom stereocenters. The molecule has 1 unspecified atom stereocenters. The number of ketones is 1. The molecule has 0 aliphatic carbocycles. The van der Waals surface area contributed by atoms with E-state index in [1.54, 1.807) is 36.4 Å². The van der Waals surface area contributed by atoms with Gasteiger partial charge >= 0.3 is 10.3 Å². The number of carbonyl (C=O) groups excluding carboxylic acids is 1. The van der Waals surface area contributed by atoms with Gasteiger partial charge in [0.15, 0.2) is 5.78 Å². The number of thiophene rings is 1. The van der Waals surface area contributed by atoms with Gasteiger partial charge in [-0.05, 0) is 17.5 Å². The minimum atomic E-state index is -3.86. The van der Waals surface area contributed by atoms with Crippen molar-refractivity contribution in [1.82, 2.24) is 4.72 Å². The van der Waals surface area contributed by atoms with Gasteiger partial charge in [0.2, 0.25) is 0 Å². The van der Waals surface area contributed by atoms with Gasteiger partial charge in [-0.25, -0.2) is 0 Å². The van der Waals surface area contributed by atoms with Gasteiger partial charge in [0.1, 0.15) is 5.75 Å². The monoisotopic (exact) mass is 309 g/mol. The molecule has 104 valence electrons. The molecule has 0 fully saturated rings. The topological polar surface area (TPSA) is 72.5 Å². The van der Waals surface area contributed by atoms with Crippen LogP contribution in [0.25, 0.3) is 0 Å². The van der Waals surface area contributed by atoms with Crippen LogP contribution in [0.4, 0.5) is 0 Å². The van der Waals surface area contributed by atoms with Gasteiger partial charge < -0.3 is 4.18 Å². The van der Waals surface area contributed by atoms with Crippen molar-refractivity contribution < 1.29 is 17.4 Å². The van der Waals surface area contributed by atoms with E-state index < -0.39 is 16.3 Å². The summed E-state index contributed by atoms with van der Waals surface area (Å²) in [6, 6.07) is 9.73. The Bertz CT molecular complexity index is 737. The van der Waals surface area contributed by atoms with Crippen LogP contribution in [0.5, 0.6) is 5.75 Å². The van der Waals surface area contributed by atoms with Crippen LogP contribution in [0.2, 0.25) is 0 Å². The fourth-order valence-corrected chi connectivity index (χ4v) is 3.77. The quantitative estimate of drug-likeness (QED) is 0.883. The number of hydrogen-bond donors (Lipinski definition) is 1. The van der Waals surface area contributed by atoms with E-state index in [1.165, 1.54) is 11.3 Å². The van der Waals surface area contributed by atoms with Gasteiger partial charge in [-0.1, -0.05) is 24.3 Å². The van der Waals surface area contributed by atoms with Crippen LogP contribution in [-0.4, -0.2) is 14.2 Å². The Morgan fingerprint density at radius 2 is 2.05 bits per heavy atom. The van der Waals surface area contributed by atoms with E-state index in [0.29, 0.717) is 10.4 Å². The molecule has 20 heavy (non-hydrogen) atoms. The van der Waals surface area contributed by atoms with E-state index in [9.17, 15) is 13.2 Å². The van der Waals surface area contributed by atoms with Gasteiger partial charge in [0, 0.05) is 12.0 Å². The summed E-state index contributed by atoms with van der Waals surface area (Å²) in [7, 11) is -3.86. The molecule has 1 aromatic heterocycles. The standard InChI is InChI=1S/C13H11NO4S2/c15-11(13-6-3-7-19-13)8-10-9-4-1-2-5-12(9)18-20(16,17)14-10/h1-7,10,14H,8H2. The van der Waals surface area contributed by atoms with Gasteiger partial charge in [0.05, 0.1) is 10.9 Å². The SMILES string of the molecule is O=C(CC1NS(=O)(=O)Oc2ccccc21)c1cccs1. The van der Waals surface area contributed by atoms with Crippen molar-refractivity contribution in [2.24, 2.45) is 0 Å². The van der Waals surface area contributed by atoms with Crippen molar-refractivity contribution in [3.8, 4) is 5.75 Å². The fourth-order valence-electron chi connectivity index (χ4n) is 2.10. The average molecular weight is 309 g/mol. The molecule has 2 heterocycles. The third-order valence-corrected chi connectivity index (χ3v) is 4.85. The van der Waals surface area contributed by atoms with Gasteiger partial charge in [0.25, 0.3) is 0 Å².